The highest BCUT2D eigenvalue weighted by atomic mass is 16.5. The Balaban J connectivity index is 1.69. The third kappa shape index (κ3) is 3.23. The Kier molecular flexibility index (Phi) is 4.62. The smallest absolute Gasteiger partial charge is 0.226 e. The second kappa shape index (κ2) is 6.02. The van der Waals surface area contributed by atoms with Gasteiger partial charge in [0.05, 0.1) is 6.61 Å². The van der Waals surface area contributed by atoms with Crippen molar-refractivity contribution < 1.29 is 9.53 Å². The number of carbonyl (C=O) groups excluding carboxylic acids is 1. The van der Waals surface area contributed by atoms with E-state index in [-0.39, 0.29) is 5.41 Å². The standard InChI is InChI=1S/C14H26N2O2/c1-3-14(6-7-14)13(17)15-12-4-8-16(9-5-12)10-11-18-2/h12H,3-11H2,1-2H3,(H,15,17). The summed E-state index contributed by atoms with van der Waals surface area (Å²) < 4.78 is 5.09. The summed E-state index contributed by atoms with van der Waals surface area (Å²) in [6, 6.07) is 0.389. The number of hydrogen-bond donors (Lipinski definition) is 1. The van der Waals surface area contributed by atoms with Crippen LogP contribution in [0, 0.1) is 5.41 Å². The van der Waals surface area contributed by atoms with Gasteiger partial charge in [-0.2, -0.15) is 0 Å². The molecule has 0 aromatic heterocycles. The molecule has 0 unspecified atom stereocenters. The van der Waals surface area contributed by atoms with Gasteiger partial charge in [-0.25, -0.2) is 0 Å². The third-order valence-corrected chi connectivity index (χ3v) is 4.55. The van der Waals surface area contributed by atoms with Crippen LogP contribution in [0.15, 0.2) is 0 Å². The van der Waals surface area contributed by atoms with E-state index in [2.05, 4.69) is 17.1 Å². The van der Waals surface area contributed by atoms with Crippen molar-refractivity contribution in [2.24, 2.45) is 5.41 Å². The van der Waals surface area contributed by atoms with Crippen LogP contribution in [0.2, 0.25) is 0 Å². The largest absolute Gasteiger partial charge is 0.383 e. The summed E-state index contributed by atoms with van der Waals surface area (Å²) in [6.45, 7) is 6.09. The van der Waals surface area contributed by atoms with Crippen LogP contribution in [0.3, 0.4) is 0 Å². The number of likely N-dealkylation sites (tertiary alicyclic amines) is 1. The zero-order chi connectivity index (χ0) is 13.0. The fourth-order valence-corrected chi connectivity index (χ4v) is 2.75. The predicted octanol–water partition coefficient (Wildman–Crippen LogP) is 1.40. The van der Waals surface area contributed by atoms with Gasteiger partial charge in [0.25, 0.3) is 0 Å². The molecule has 4 nitrogen and oxygen atoms in total. The van der Waals surface area contributed by atoms with Crippen molar-refractivity contribution in [2.75, 3.05) is 33.4 Å². The van der Waals surface area contributed by atoms with E-state index in [1.165, 1.54) is 0 Å². The summed E-state index contributed by atoms with van der Waals surface area (Å²) in [5, 5.41) is 3.25. The Labute approximate surface area is 110 Å². The quantitative estimate of drug-likeness (QED) is 0.779. The van der Waals surface area contributed by atoms with Crippen LogP contribution in [0.1, 0.15) is 39.0 Å². The first kappa shape index (κ1) is 13.8. The van der Waals surface area contributed by atoms with Gasteiger partial charge in [0.1, 0.15) is 0 Å². The van der Waals surface area contributed by atoms with Crippen LogP contribution in [-0.2, 0) is 9.53 Å². The first-order valence-corrected chi connectivity index (χ1v) is 7.22. The van der Waals surface area contributed by atoms with E-state index < -0.39 is 0 Å². The fourth-order valence-electron chi connectivity index (χ4n) is 2.75. The minimum absolute atomic E-state index is 0.00713. The molecule has 104 valence electrons. The van der Waals surface area contributed by atoms with E-state index in [0.717, 1.165) is 58.3 Å². The average molecular weight is 254 g/mol. The van der Waals surface area contributed by atoms with E-state index in [1.54, 1.807) is 7.11 Å². The topological polar surface area (TPSA) is 41.6 Å². The molecule has 1 N–H and O–H groups in total. The van der Waals surface area contributed by atoms with Gasteiger partial charge in [-0.05, 0) is 32.1 Å². The highest BCUT2D eigenvalue weighted by Crippen LogP contribution is 2.48. The number of amides is 1. The molecule has 0 radical (unpaired) electrons. The molecule has 1 aliphatic heterocycles. The lowest BCUT2D eigenvalue weighted by Gasteiger charge is -2.32. The van der Waals surface area contributed by atoms with Crippen LogP contribution in [0.25, 0.3) is 0 Å². The van der Waals surface area contributed by atoms with Gasteiger partial charge in [-0.15, -0.1) is 0 Å². The molecule has 1 saturated heterocycles. The Morgan fingerprint density at radius 3 is 2.56 bits per heavy atom. The van der Waals surface area contributed by atoms with Gasteiger partial charge in [0, 0.05) is 38.2 Å². The number of piperidine rings is 1. The van der Waals surface area contributed by atoms with E-state index in [4.69, 9.17) is 4.74 Å². The Bertz CT molecular complexity index is 282. The first-order chi connectivity index (χ1) is 8.70. The highest BCUT2D eigenvalue weighted by molar-refractivity contribution is 5.85. The zero-order valence-electron chi connectivity index (χ0n) is 11.7. The number of nitrogens with one attached hydrogen (secondary N) is 1. The lowest BCUT2D eigenvalue weighted by Crippen LogP contribution is -2.47. The summed E-state index contributed by atoms with van der Waals surface area (Å²) >= 11 is 0. The number of methoxy groups -OCH3 is 1. The van der Waals surface area contributed by atoms with E-state index in [1.807, 2.05) is 0 Å². The number of hydrogen-bond acceptors (Lipinski definition) is 3. The van der Waals surface area contributed by atoms with Crippen LogP contribution in [-0.4, -0.2) is 50.2 Å². The summed E-state index contributed by atoms with van der Waals surface area (Å²) in [5.74, 6) is 0.306. The molecule has 0 atom stereocenters. The Morgan fingerprint density at radius 2 is 2.06 bits per heavy atom. The molecule has 1 saturated carbocycles. The Hall–Kier alpha value is -0.610. The Morgan fingerprint density at radius 1 is 1.39 bits per heavy atom. The van der Waals surface area contributed by atoms with Crippen LogP contribution in [0.5, 0.6) is 0 Å². The van der Waals surface area contributed by atoms with Crippen LogP contribution < -0.4 is 5.32 Å². The van der Waals surface area contributed by atoms with Gasteiger partial charge >= 0.3 is 0 Å². The van der Waals surface area contributed by atoms with Crippen molar-refractivity contribution in [1.29, 1.82) is 0 Å². The second-order valence-electron chi connectivity index (χ2n) is 5.72. The summed E-state index contributed by atoms with van der Waals surface area (Å²) in [7, 11) is 1.74. The molecule has 0 bridgehead atoms. The molecule has 1 amide bonds. The van der Waals surface area contributed by atoms with Crippen LogP contribution >= 0.6 is 0 Å². The van der Waals surface area contributed by atoms with Crippen molar-refractivity contribution >= 4 is 5.91 Å². The molecular formula is C14H26N2O2. The number of carbonyl (C=O) groups is 1. The summed E-state index contributed by atoms with van der Waals surface area (Å²) in [5.41, 5.74) is 0.00713. The molecule has 1 heterocycles. The maximum Gasteiger partial charge on any atom is 0.226 e. The van der Waals surface area contributed by atoms with Crippen molar-refractivity contribution in [3.05, 3.63) is 0 Å². The van der Waals surface area contributed by atoms with Gasteiger partial charge in [-0.3, -0.25) is 4.79 Å². The lowest BCUT2D eigenvalue weighted by atomic mass is 9.99. The molecule has 1 aliphatic carbocycles. The second-order valence-corrected chi connectivity index (χ2v) is 5.72. The third-order valence-electron chi connectivity index (χ3n) is 4.55. The molecule has 0 aromatic rings. The SMILES string of the molecule is CCC1(C(=O)NC2CCN(CCOC)CC2)CC1. The molecule has 0 aromatic carbocycles. The maximum absolute atomic E-state index is 12.1. The van der Waals surface area contributed by atoms with E-state index >= 15 is 0 Å². The maximum atomic E-state index is 12.1. The number of rotatable bonds is 6. The van der Waals surface area contributed by atoms with Crippen molar-refractivity contribution in [3.63, 3.8) is 0 Å². The number of ether oxygens (including phenoxy) is 1. The van der Waals surface area contributed by atoms with Gasteiger partial charge in [-0.1, -0.05) is 6.92 Å². The minimum atomic E-state index is 0.00713. The normalized spacial score (nSPS) is 23.9. The van der Waals surface area contributed by atoms with Crippen molar-refractivity contribution in [2.45, 2.75) is 45.1 Å². The van der Waals surface area contributed by atoms with Crippen molar-refractivity contribution in [3.8, 4) is 0 Å². The molecule has 2 aliphatic rings. The van der Waals surface area contributed by atoms with Gasteiger partial charge in [0.15, 0.2) is 0 Å². The summed E-state index contributed by atoms with van der Waals surface area (Å²) in [6.07, 6.45) is 5.32. The molecule has 4 heteroatoms. The average Bonchev–Trinajstić information content (AvgIpc) is 3.19. The lowest BCUT2D eigenvalue weighted by molar-refractivity contribution is -0.127. The summed E-state index contributed by atoms with van der Waals surface area (Å²) in [4.78, 5) is 14.6. The van der Waals surface area contributed by atoms with Crippen molar-refractivity contribution in [1.82, 2.24) is 10.2 Å². The molecular weight excluding hydrogens is 228 g/mol. The minimum Gasteiger partial charge on any atom is -0.383 e. The molecule has 18 heavy (non-hydrogen) atoms. The van der Waals surface area contributed by atoms with E-state index in [0.29, 0.717) is 11.9 Å². The fraction of sp³-hybridized carbons (Fsp3) is 0.929. The molecule has 2 rings (SSSR count). The van der Waals surface area contributed by atoms with Gasteiger partial charge < -0.3 is 15.0 Å². The number of nitrogens with zero attached hydrogens (tertiary/aromatic N) is 1. The predicted molar refractivity (Wildman–Crippen MR) is 71.4 cm³/mol. The highest BCUT2D eigenvalue weighted by Gasteiger charge is 2.48. The molecule has 0 spiro atoms. The monoisotopic (exact) mass is 254 g/mol. The molecule has 2 fully saturated rings. The van der Waals surface area contributed by atoms with E-state index in [9.17, 15) is 4.79 Å². The van der Waals surface area contributed by atoms with Crippen LogP contribution in [0.4, 0.5) is 0 Å². The zero-order valence-corrected chi connectivity index (χ0v) is 11.7. The van der Waals surface area contributed by atoms with Gasteiger partial charge in [0.2, 0.25) is 5.91 Å². The first-order valence-electron chi connectivity index (χ1n) is 7.22.